The van der Waals surface area contributed by atoms with Gasteiger partial charge in [0.15, 0.2) is 5.96 Å². The van der Waals surface area contributed by atoms with E-state index in [1.54, 1.807) is 0 Å². The van der Waals surface area contributed by atoms with Crippen LogP contribution in [-0.4, -0.2) is 44.5 Å². The third-order valence-corrected chi connectivity index (χ3v) is 4.34. The van der Waals surface area contributed by atoms with Crippen molar-refractivity contribution in [2.45, 2.75) is 58.4 Å². The maximum atomic E-state index is 12.2. The van der Waals surface area contributed by atoms with Gasteiger partial charge in [-0.25, -0.2) is 4.99 Å². The van der Waals surface area contributed by atoms with Crippen LogP contribution in [0.1, 0.15) is 43.7 Å². The van der Waals surface area contributed by atoms with Crippen LogP contribution >= 0.6 is 0 Å². The van der Waals surface area contributed by atoms with Gasteiger partial charge in [-0.3, -0.25) is 0 Å². The summed E-state index contributed by atoms with van der Waals surface area (Å²) in [4.78, 5) is 4.56. The fourth-order valence-electron chi connectivity index (χ4n) is 2.85. The van der Waals surface area contributed by atoms with Crippen LogP contribution in [0, 0.1) is 6.92 Å². The van der Waals surface area contributed by atoms with Gasteiger partial charge in [0.1, 0.15) is 11.9 Å². The van der Waals surface area contributed by atoms with Gasteiger partial charge >= 0.3 is 6.18 Å². The molecule has 0 spiro atoms. The van der Waals surface area contributed by atoms with Crippen LogP contribution in [0.25, 0.3) is 0 Å². The fraction of sp³-hybridized carbons (Fsp3) is 0.650. The fourth-order valence-corrected chi connectivity index (χ4v) is 2.85. The third kappa shape index (κ3) is 8.37. The molecule has 8 heteroatoms. The maximum Gasteiger partial charge on any atom is 0.389 e. The molecule has 1 aliphatic rings. The van der Waals surface area contributed by atoms with E-state index in [9.17, 15) is 13.2 Å². The lowest BCUT2D eigenvalue weighted by atomic mass is 10.1. The largest absolute Gasteiger partial charge is 0.488 e. The van der Waals surface area contributed by atoms with Crippen LogP contribution in [0.15, 0.2) is 23.2 Å². The molecule has 1 unspecified atom stereocenters. The first-order chi connectivity index (χ1) is 13.4. The van der Waals surface area contributed by atoms with E-state index in [0.29, 0.717) is 45.2 Å². The molecule has 5 nitrogen and oxygen atoms in total. The molecular weight excluding hydrogens is 371 g/mol. The van der Waals surface area contributed by atoms with Gasteiger partial charge in [0, 0.05) is 31.5 Å². The highest BCUT2D eigenvalue weighted by molar-refractivity contribution is 5.79. The maximum absolute atomic E-state index is 12.2. The molecule has 1 heterocycles. The second-order valence-electron chi connectivity index (χ2n) is 6.91. The number of aliphatic imine (C=N–C) groups is 1. The van der Waals surface area contributed by atoms with Gasteiger partial charge in [0.05, 0.1) is 19.8 Å². The molecule has 1 saturated heterocycles. The van der Waals surface area contributed by atoms with E-state index in [-0.39, 0.29) is 12.5 Å². The molecule has 0 bridgehead atoms. The van der Waals surface area contributed by atoms with Crippen molar-refractivity contribution in [3.05, 3.63) is 29.3 Å². The molecule has 1 aromatic rings. The lowest BCUT2D eigenvalue weighted by molar-refractivity contribution is -0.135. The van der Waals surface area contributed by atoms with Gasteiger partial charge in [-0.15, -0.1) is 0 Å². The molecule has 0 amide bonds. The van der Waals surface area contributed by atoms with Crippen molar-refractivity contribution in [1.82, 2.24) is 10.6 Å². The van der Waals surface area contributed by atoms with Crippen molar-refractivity contribution in [1.29, 1.82) is 0 Å². The van der Waals surface area contributed by atoms with E-state index in [1.807, 2.05) is 32.0 Å². The van der Waals surface area contributed by atoms with Crippen LogP contribution in [0.5, 0.6) is 5.75 Å². The Morgan fingerprint density at radius 3 is 2.79 bits per heavy atom. The summed E-state index contributed by atoms with van der Waals surface area (Å²) in [6.45, 7) is 6.80. The van der Waals surface area contributed by atoms with Gasteiger partial charge in [0.2, 0.25) is 0 Å². The summed E-state index contributed by atoms with van der Waals surface area (Å²) in [5, 5.41) is 6.21. The number of unbranched alkanes of at least 4 members (excludes halogenated alkanes) is 1. The SMILES string of the molecule is CCNC(=NCc1ccc(C)cc1OC1CCOC1)NCCCCC(F)(F)F. The molecule has 2 N–H and O–H groups in total. The standard InChI is InChI=1S/C20H30F3N3O2/c1-3-24-19(25-10-5-4-9-20(21,22)23)26-13-16-7-6-15(2)12-18(16)28-17-8-11-27-14-17/h6-7,12,17H,3-5,8-11,13-14H2,1-2H3,(H2,24,25,26). The monoisotopic (exact) mass is 401 g/mol. The number of guanidine groups is 1. The summed E-state index contributed by atoms with van der Waals surface area (Å²) in [6, 6.07) is 6.01. The highest BCUT2D eigenvalue weighted by Crippen LogP contribution is 2.24. The molecule has 0 aromatic heterocycles. The van der Waals surface area contributed by atoms with Gasteiger partial charge in [0.25, 0.3) is 0 Å². The molecule has 28 heavy (non-hydrogen) atoms. The molecule has 1 aliphatic heterocycles. The second kappa shape index (κ2) is 11.1. The predicted molar refractivity (Wildman–Crippen MR) is 104 cm³/mol. The summed E-state index contributed by atoms with van der Waals surface area (Å²) < 4.78 is 48.1. The Morgan fingerprint density at radius 1 is 1.29 bits per heavy atom. The first-order valence-corrected chi connectivity index (χ1v) is 9.80. The molecule has 1 aromatic carbocycles. The Bertz CT molecular complexity index is 630. The zero-order valence-electron chi connectivity index (χ0n) is 16.6. The minimum Gasteiger partial charge on any atom is -0.488 e. The van der Waals surface area contributed by atoms with E-state index in [0.717, 1.165) is 23.3 Å². The Kier molecular flexibility index (Phi) is 8.89. The average Bonchev–Trinajstić information content (AvgIpc) is 3.12. The molecule has 0 saturated carbocycles. The number of ether oxygens (including phenoxy) is 2. The van der Waals surface area contributed by atoms with Crippen molar-refractivity contribution in [2.75, 3.05) is 26.3 Å². The Balaban J connectivity index is 1.91. The number of halogens is 3. The highest BCUT2D eigenvalue weighted by Gasteiger charge is 2.25. The zero-order valence-corrected chi connectivity index (χ0v) is 16.6. The average molecular weight is 401 g/mol. The van der Waals surface area contributed by atoms with Crippen LogP contribution in [0.4, 0.5) is 13.2 Å². The second-order valence-corrected chi connectivity index (χ2v) is 6.91. The summed E-state index contributed by atoms with van der Waals surface area (Å²) in [6.07, 6.45) is -3.37. The molecule has 158 valence electrons. The van der Waals surface area contributed by atoms with Gasteiger partial charge < -0.3 is 20.1 Å². The van der Waals surface area contributed by atoms with Crippen LogP contribution in [0.3, 0.4) is 0 Å². The number of rotatable bonds is 9. The van der Waals surface area contributed by atoms with E-state index < -0.39 is 12.6 Å². The molecule has 2 rings (SSSR count). The smallest absolute Gasteiger partial charge is 0.389 e. The van der Waals surface area contributed by atoms with Gasteiger partial charge in [-0.05, 0) is 38.3 Å². The van der Waals surface area contributed by atoms with Crippen LogP contribution < -0.4 is 15.4 Å². The number of nitrogens with one attached hydrogen (secondary N) is 2. The molecule has 0 aliphatic carbocycles. The minimum atomic E-state index is -4.09. The van der Waals surface area contributed by atoms with E-state index in [1.165, 1.54) is 0 Å². The van der Waals surface area contributed by atoms with Gasteiger partial charge in [-0.1, -0.05) is 12.1 Å². The Hall–Kier alpha value is -1.96. The predicted octanol–water partition coefficient (Wildman–Crippen LogP) is 3.95. The highest BCUT2D eigenvalue weighted by atomic mass is 19.4. The topological polar surface area (TPSA) is 54.9 Å². The first-order valence-electron chi connectivity index (χ1n) is 9.80. The number of aryl methyl sites for hydroxylation is 1. The molecular formula is C20H30F3N3O2. The molecule has 1 fully saturated rings. The number of benzene rings is 1. The van der Waals surface area contributed by atoms with Crippen molar-refractivity contribution >= 4 is 5.96 Å². The summed E-state index contributed by atoms with van der Waals surface area (Å²) >= 11 is 0. The van der Waals surface area contributed by atoms with E-state index in [4.69, 9.17) is 9.47 Å². The number of alkyl halides is 3. The molecule has 0 radical (unpaired) electrons. The number of hydrogen-bond donors (Lipinski definition) is 2. The van der Waals surface area contributed by atoms with Crippen LogP contribution in [-0.2, 0) is 11.3 Å². The summed E-state index contributed by atoms with van der Waals surface area (Å²) in [5.74, 6) is 1.39. The summed E-state index contributed by atoms with van der Waals surface area (Å²) in [5.41, 5.74) is 2.07. The third-order valence-electron chi connectivity index (χ3n) is 4.34. The van der Waals surface area contributed by atoms with Crippen molar-refractivity contribution in [3.63, 3.8) is 0 Å². The van der Waals surface area contributed by atoms with Crippen molar-refractivity contribution < 1.29 is 22.6 Å². The number of hydrogen-bond acceptors (Lipinski definition) is 3. The molecule has 1 atom stereocenters. The van der Waals surface area contributed by atoms with Gasteiger partial charge in [-0.2, -0.15) is 13.2 Å². The van der Waals surface area contributed by atoms with Crippen LogP contribution in [0.2, 0.25) is 0 Å². The minimum absolute atomic E-state index is 0.0597. The van der Waals surface area contributed by atoms with E-state index in [2.05, 4.69) is 15.6 Å². The zero-order chi connectivity index (χ0) is 20.4. The lowest BCUT2D eigenvalue weighted by Gasteiger charge is -2.16. The summed E-state index contributed by atoms with van der Waals surface area (Å²) in [7, 11) is 0. The quantitative estimate of drug-likeness (QED) is 0.374. The lowest BCUT2D eigenvalue weighted by Crippen LogP contribution is -2.37. The first kappa shape index (κ1) is 22.3. The van der Waals surface area contributed by atoms with Crippen molar-refractivity contribution in [2.24, 2.45) is 4.99 Å². The number of nitrogens with zero attached hydrogens (tertiary/aromatic N) is 1. The normalized spacial score (nSPS) is 17.6. The Morgan fingerprint density at radius 2 is 2.11 bits per heavy atom. The van der Waals surface area contributed by atoms with Crippen molar-refractivity contribution in [3.8, 4) is 5.75 Å². The van der Waals surface area contributed by atoms with E-state index >= 15 is 0 Å². The Labute approximate surface area is 164 Å².